The predicted octanol–water partition coefficient (Wildman–Crippen LogP) is 3.31. The molecule has 132 valence electrons. The summed E-state index contributed by atoms with van der Waals surface area (Å²) >= 11 is 5.88. The first kappa shape index (κ1) is 17.9. The molecule has 4 nitrogen and oxygen atoms in total. The quantitative estimate of drug-likeness (QED) is 0.816. The smallest absolute Gasteiger partial charge is 0.257 e. The Labute approximate surface area is 151 Å². The summed E-state index contributed by atoms with van der Waals surface area (Å²) in [5, 5.41) is 0.569. The average Bonchev–Trinajstić information content (AvgIpc) is 2.94. The van der Waals surface area contributed by atoms with Crippen LogP contribution in [0.5, 0.6) is 0 Å². The van der Waals surface area contributed by atoms with Crippen molar-refractivity contribution >= 4 is 27.3 Å². The maximum absolute atomic E-state index is 14.0. The van der Waals surface area contributed by atoms with Crippen molar-refractivity contribution in [1.29, 1.82) is 0 Å². The molecule has 0 aliphatic carbocycles. The Bertz CT molecular complexity index is 883. The van der Waals surface area contributed by atoms with Gasteiger partial charge in [-0.3, -0.25) is 4.79 Å². The number of amides is 1. The first-order valence-corrected chi connectivity index (χ1v) is 10.1. The van der Waals surface area contributed by atoms with Crippen LogP contribution in [0.15, 0.2) is 48.5 Å². The third-order valence-electron chi connectivity index (χ3n) is 4.28. The molecule has 1 aliphatic heterocycles. The summed E-state index contributed by atoms with van der Waals surface area (Å²) in [5.74, 6) is -1.18. The lowest BCUT2D eigenvalue weighted by Crippen LogP contribution is -2.41. The number of benzene rings is 2. The van der Waals surface area contributed by atoms with E-state index in [1.54, 1.807) is 30.3 Å². The van der Waals surface area contributed by atoms with Crippen LogP contribution in [0.25, 0.3) is 0 Å². The second-order valence-corrected chi connectivity index (χ2v) is 8.76. The lowest BCUT2D eigenvalue weighted by molar-refractivity contribution is 0.0676. The molecule has 0 bridgehead atoms. The fraction of sp³-hybridized carbons (Fsp3) is 0.278. The van der Waals surface area contributed by atoms with Gasteiger partial charge in [-0.05, 0) is 36.2 Å². The van der Waals surface area contributed by atoms with Gasteiger partial charge in [-0.25, -0.2) is 12.8 Å². The van der Waals surface area contributed by atoms with Gasteiger partial charge < -0.3 is 4.90 Å². The van der Waals surface area contributed by atoms with Crippen molar-refractivity contribution in [2.24, 2.45) is 0 Å². The number of nitrogens with zero attached hydrogens (tertiary/aromatic N) is 1. The molecule has 7 heteroatoms. The first-order valence-electron chi connectivity index (χ1n) is 7.86. The van der Waals surface area contributed by atoms with Crippen LogP contribution in [-0.4, -0.2) is 36.8 Å². The fourth-order valence-corrected chi connectivity index (χ4v) is 4.82. The van der Waals surface area contributed by atoms with E-state index in [0.717, 1.165) is 5.56 Å². The highest BCUT2D eigenvalue weighted by molar-refractivity contribution is 7.91. The SMILES string of the molecule is O=C(c1ccccc1F)N(Cc1ccc(Cl)cc1)C1CCS(=O)(=O)C1. The Morgan fingerprint density at radius 1 is 1.16 bits per heavy atom. The molecule has 2 aromatic rings. The van der Waals surface area contributed by atoms with Crippen LogP contribution in [0.2, 0.25) is 5.02 Å². The maximum atomic E-state index is 14.0. The topological polar surface area (TPSA) is 54.5 Å². The van der Waals surface area contributed by atoms with Crippen molar-refractivity contribution in [2.75, 3.05) is 11.5 Å². The van der Waals surface area contributed by atoms with Crippen molar-refractivity contribution in [3.63, 3.8) is 0 Å². The number of hydrogen-bond acceptors (Lipinski definition) is 3. The molecule has 1 amide bonds. The van der Waals surface area contributed by atoms with Gasteiger partial charge in [-0.1, -0.05) is 35.9 Å². The first-order chi connectivity index (χ1) is 11.9. The van der Waals surface area contributed by atoms with E-state index < -0.39 is 27.6 Å². The van der Waals surface area contributed by atoms with Crippen LogP contribution in [0.3, 0.4) is 0 Å². The Morgan fingerprint density at radius 2 is 1.84 bits per heavy atom. The molecule has 1 saturated heterocycles. The van der Waals surface area contributed by atoms with E-state index in [9.17, 15) is 17.6 Å². The number of rotatable bonds is 4. The molecule has 0 spiro atoms. The van der Waals surface area contributed by atoms with Crippen molar-refractivity contribution in [2.45, 2.75) is 19.0 Å². The van der Waals surface area contributed by atoms with Gasteiger partial charge in [-0.15, -0.1) is 0 Å². The van der Waals surface area contributed by atoms with Crippen LogP contribution >= 0.6 is 11.6 Å². The van der Waals surface area contributed by atoms with Crippen molar-refractivity contribution in [3.8, 4) is 0 Å². The molecule has 1 aliphatic rings. The summed E-state index contributed by atoms with van der Waals surface area (Å²) in [5.41, 5.74) is 0.749. The summed E-state index contributed by atoms with van der Waals surface area (Å²) < 4.78 is 37.7. The molecule has 1 heterocycles. The van der Waals surface area contributed by atoms with Crippen LogP contribution < -0.4 is 0 Å². The molecule has 0 radical (unpaired) electrons. The third kappa shape index (κ3) is 4.19. The molecular weight excluding hydrogens is 365 g/mol. The number of sulfone groups is 1. The molecule has 3 rings (SSSR count). The second kappa shape index (κ2) is 7.14. The predicted molar refractivity (Wildman–Crippen MR) is 94.8 cm³/mol. The monoisotopic (exact) mass is 381 g/mol. The largest absolute Gasteiger partial charge is 0.330 e. The molecular formula is C18H17ClFNO3S. The van der Waals surface area contributed by atoms with Gasteiger partial charge in [0.2, 0.25) is 0 Å². The van der Waals surface area contributed by atoms with Crippen LogP contribution in [-0.2, 0) is 16.4 Å². The van der Waals surface area contributed by atoms with E-state index in [0.29, 0.717) is 11.4 Å². The van der Waals surface area contributed by atoms with E-state index in [1.165, 1.54) is 23.1 Å². The van der Waals surface area contributed by atoms with Crippen molar-refractivity contribution in [1.82, 2.24) is 4.90 Å². The molecule has 0 saturated carbocycles. The van der Waals surface area contributed by atoms with E-state index in [2.05, 4.69) is 0 Å². The third-order valence-corrected chi connectivity index (χ3v) is 6.28. The summed E-state index contributed by atoms with van der Waals surface area (Å²) in [7, 11) is -3.17. The Morgan fingerprint density at radius 3 is 2.44 bits per heavy atom. The molecule has 1 unspecified atom stereocenters. The Balaban J connectivity index is 1.92. The van der Waals surface area contributed by atoms with Crippen LogP contribution in [0.4, 0.5) is 4.39 Å². The van der Waals surface area contributed by atoms with E-state index in [4.69, 9.17) is 11.6 Å². The zero-order valence-electron chi connectivity index (χ0n) is 13.4. The number of hydrogen-bond donors (Lipinski definition) is 0. The number of carbonyl (C=O) groups is 1. The summed E-state index contributed by atoms with van der Waals surface area (Å²) in [6.45, 7) is 0.199. The van der Waals surface area contributed by atoms with Crippen molar-refractivity contribution < 1.29 is 17.6 Å². The minimum absolute atomic E-state index is 0.0410. The molecule has 0 N–H and O–H groups in total. The lowest BCUT2D eigenvalue weighted by atomic mass is 10.1. The molecule has 0 aromatic heterocycles. The normalized spacial score (nSPS) is 18.9. The highest BCUT2D eigenvalue weighted by Crippen LogP contribution is 2.23. The molecule has 2 aromatic carbocycles. The van der Waals surface area contributed by atoms with Gasteiger partial charge in [0.25, 0.3) is 5.91 Å². The zero-order chi connectivity index (χ0) is 18.0. The molecule has 25 heavy (non-hydrogen) atoms. The standard InChI is InChI=1S/C18H17ClFNO3S/c19-14-7-5-13(6-8-14)11-21(15-9-10-25(23,24)12-15)18(22)16-3-1-2-4-17(16)20/h1-8,15H,9-12H2. The van der Waals surface area contributed by atoms with E-state index in [1.807, 2.05) is 0 Å². The zero-order valence-corrected chi connectivity index (χ0v) is 14.9. The van der Waals surface area contributed by atoms with Gasteiger partial charge in [0.1, 0.15) is 5.82 Å². The Hall–Kier alpha value is -1.92. The minimum Gasteiger partial charge on any atom is -0.330 e. The van der Waals surface area contributed by atoms with Gasteiger partial charge in [-0.2, -0.15) is 0 Å². The van der Waals surface area contributed by atoms with Gasteiger partial charge >= 0.3 is 0 Å². The van der Waals surface area contributed by atoms with Gasteiger partial charge in [0, 0.05) is 17.6 Å². The highest BCUT2D eigenvalue weighted by Gasteiger charge is 2.35. The lowest BCUT2D eigenvalue weighted by Gasteiger charge is -2.28. The van der Waals surface area contributed by atoms with E-state index in [-0.39, 0.29) is 23.6 Å². The van der Waals surface area contributed by atoms with Crippen molar-refractivity contribution in [3.05, 3.63) is 70.5 Å². The molecule has 1 atom stereocenters. The number of halogens is 2. The minimum atomic E-state index is -3.17. The van der Waals surface area contributed by atoms with Crippen LogP contribution in [0.1, 0.15) is 22.3 Å². The van der Waals surface area contributed by atoms with Crippen LogP contribution in [0, 0.1) is 5.82 Å². The summed E-state index contributed by atoms with van der Waals surface area (Å²) in [6.07, 6.45) is 0.357. The maximum Gasteiger partial charge on any atom is 0.257 e. The average molecular weight is 382 g/mol. The second-order valence-electron chi connectivity index (χ2n) is 6.10. The summed E-state index contributed by atoms with van der Waals surface area (Å²) in [4.78, 5) is 14.4. The Kier molecular flexibility index (Phi) is 5.11. The summed E-state index contributed by atoms with van der Waals surface area (Å²) in [6, 6.07) is 12.2. The fourth-order valence-electron chi connectivity index (χ4n) is 2.96. The highest BCUT2D eigenvalue weighted by atomic mass is 35.5. The molecule has 1 fully saturated rings. The van der Waals surface area contributed by atoms with Gasteiger partial charge in [0.05, 0.1) is 17.1 Å². The number of carbonyl (C=O) groups excluding carboxylic acids is 1. The van der Waals surface area contributed by atoms with E-state index >= 15 is 0 Å². The van der Waals surface area contributed by atoms with Gasteiger partial charge in [0.15, 0.2) is 9.84 Å².